The summed E-state index contributed by atoms with van der Waals surface area (Å²) in [6, 6.07) is 0. The first-order valence-corrected chi connectivity index (χ1v) is 5.61. The molecule has 0 bridgehead atoms. The molecule has 1 fully saturated rings. The summed E-state index contributed by atoms with van der Waals surface area (Å²) in [6.45, 7) is 1.84. The van der Waals surface area contributed by atoms with Crippen molar-refractivity contribution in [2.45, 2.75) is 26.2 Å². The zero-order chi connectivity index (χ0) is 12.4. The molecule has 0 aromatic carbocycles. The van der Waals surface area contributed by atoms with Crippen molar-refractivity contribution in [2.75, 3.05) is 5.32 Å². The summed E-state index contributed by atoms with van der Waals surface area (Å²) in [5.41, 5.74) is 0.867. The van der Waals surface area contributed by atoms with Gasteiger partial charge in [-0.1, -0.05) is 0 Å². The van der Waals surface area contributed by atoms with Crippen LogP contribution in [0.4, 0.5) is 5.82 Å². The quantitative estimate of drug-likeness (QED) is 0.735. The van der Waals surface area contributed by atoms with E-state index in [1.807, 2.05) is 6.92 Å². The Hall–Kier alpha value is -1.85. The van der Waals surface area contributed by atoms with E-state index in [1.165, 1.54) is 0 Å². The Kier molecular flexibility index (Phi) is 3.12. The van der Waals surface area contributed by atoms with Crippen LogP contribution in [0, 0.1) is 18.8 Å². The number of aryl methyl sites for hydroxylation is 1. The van der Waals surface area contributed by atoms with Gasteiger partial charge in [0.15, 0.2) is 0 Å². The number of carboxylic acid groups (broad SMARTS) is 1. The Morgan fingerprint density at radius 3 is 2.71 bits per heavy atom. The van der Waals surface area contributed by atoms with Gasteiger partial charge < -0.3 is 10.4 Å². The molecule has 0 spiro atoms. The molecule has 1 saturated carbocycles. The van der Waals surface area contributed by atoms with Crippen LogP contribution in [0.5, 0.6) is 0 Å². The largest absolute Gasteiger partial charge is 0.481 e. The van der Waals surface area contributed by atoms with Gasteiger partial charge in [0.25, 0.3) is 0 Å². The van der Waals surface area contributed by atoms with E-state index in [4.69, 9.17) is 5.11 Å². The van der Waals surface area contributed by atoms with Crippen LogP contribution in [0.3, 0.4) is 0 Å². The molecular weight excluding hydrogens is 222 g/mol. The van der Waals surface area contributed by atoms with Crippen molar-refractivity contribution in [2.24, 2.45) is 11.8 Å². The molecule has 6 heteroatoms. The third kappa shape index (κ3) is 2.46. The first kappa shape index (κ1) is 11.6. The van der Waals surface area contributed by atoms with Crippen molar-refractivity contribution in [3.63, 3.8) is 0 Å². The highest BCUT2D eigenvalue weighted by atomic mass is 16.4. The molecule has 0 unspecified atom stereocenters. The minimum absolute atomic E-state index is 0.124. The number of aromatic amines is 1. The first-order chi connectivity index (χ1) is 8.08. The number of carboxylic acids is 1. The van der Waals surface area contributed by atoms with Crippen LogP contribution in [-0.4, -0.2) is 27.2 Å². The molecule has 1 amide bonds. The maximum atomic E-state index is 11.9. The fourth-order valence-electron chi connectivity index (χ4n) is 2.14. The molecule has 17 heavy (non-hydrogen) atoms. The summed E-state index contributed by atoms with van der Waals surface area (Å²) in [5, 5.41) is 18.1. The molecule has 2 atom stereocenters. The standard InChI is InChI=1S/C11H15N3O3/c1-6-5-12-14-9(6)13-10(15)7-2-3-8(4-7)11(16)17/h5,7-8H,2-4H2,1H3,(H,16,17)(H2,12,13,14,15)/t7-,8+/m1/s1. The summed E-state index contributed by atoms with van der Waals surface area (Å²) in [5.74, 6) is -0.930. The molecule has 1 aliphatic rings. The van der Waals surface area contributed by atoms with Crippen LogP contribution in [0.25, 0.3) is 0 Å². The lowest BCUT2D eigenvalue weighted by Crippen LogP contribution is -2.22. The number of H-pyrrole nitrogens is 1. The minimum Gasteiger partial charge on any atom is -0.481 e. The first-order valence-electron chi connectivity index (χ1n) is 5.61. The average Bonchev–Trinajstić information content (AvgIpc) is 2.88. The number of hydrogen-bond acceptors (Lipinski definition) is 3. The van der Waals surface area contributed by atoms with Gasteiger partial charge in [0.1, 0.15) is 5.82 Å². The number of carbonyl (C=O) groups is 2. The maximum absolute atomic E-state index is 11.9. The Morgan fingerprint density at radius 1 is 1.47 bits per heavy atom. The monoisotopic (exact) mass is 237 g/mol. The van der Waals surface area contributed by atoms with E-state index >= 15 is 0 Å². The summed E-state index contributed by atoms with van der Waals surface area (Å²) in [7, 11) is 0. The Balaban J connectivity index is 1.94. The predicted molar refractivity (Wildman–Crippen MR) is 60.4 cm³/mol. The lowest BCUT2D eigenvalue weighted by molar-refractivity contribution is -0.141. The summed E-state index contributed by atoms with van der Waals surface area (Å²) in [6.07, 6.45) is 3.27. The van der Waals surface area contributed by atoms with Crippen LogP contribution in [-0.2, 0) is 9.59 Å². The lowest BCUT2D eigenvalue weighted by Gasteiger charge is -2.09. The molecule has 2 rings (SSSR count). The highest BCUT2D eigenvalue weighted by molar-refractivity contribution is 5.92. The van der Waals surface area contributed by atoms with E-state index in [0.29, 0.717) is 25.1 Å². The van der Waals surface area contributed by atoms with E-state index in [1.54, 1.807) is 6.20 Å². The molecule has 1 aromatic heterocycles. The number of rotatable bonds is 3. The van der Waals surface area contributed by atoms with Crippen molar-refractivity contribution in [1.82, 2.24) is 10.2 Å². The van der Waals surface area contributed by atoms with Crippen LogP contribution >= 0.6 is 0 Å². The normalized spacial score (nSPS) is 23.6. The van der Waals surface area contributed by atoms with Crippen molar-refractivity contribution in [3.8, 4) is 0 Å². The molecule has 1 heterocycles. The molecule has 0 aliphatic heterocycles. The molecule has 1 aromatic rings. The lowest BCUT2D eigenvalue weighted by atomic mass is 10.0. The molecule has 6 nitrogen and oxygen atoms in total. The van der Waals surface area contributed by atoms with Crippen molar-refractivity contribution >= 4 is 17.7 Å². The van der Waals surface area contributed by atoms with Gasteiger partial charge in [-0.15, -0.1) is 0 Å². The van der Waals surface area contributed by atoms with E-state index < -0.39 is 5.97 Å². The van der Waals surface area contributed by atoms with E-state index in [2.05, 4.69) is 15.5 Å². The van der Waals surface area contributed by atoms with E-state index in [0.717, 1.165) is 5.56 Å². The SMILES string of the molecule is Cc1cn[nH]c1NC(=O)[C@@H]1CC[C@H](C(=O)O)C1. The second kappa shape index (κ2) is 4.57. The van der Waals surface area contributed by atoms with Gasteiger partial charge in [0, 0.05) is 11.5 Å². The summed E-state index contributed by atoms with van der Waals surface area (Å²) in [4.78, 5) is 22.7. The molecule has 0 radical (unpaired) electrons. The highest BCUT2D eigenvalue weighted by Gasteiger charge is 2.33. The van der Waals surface area contributed by atoms with Gasteiger partial charge in [0.05, 0.1) is 12.1 Å². The maximum Gasteiger partial charge on any atom is 0.306 e. The van der Waals surface area contributed by atoms with Crippen molar-refractivity contribution in [3.05, 3.63) is 11.8 Å². The van der Waals surface area contributed by atoms with Gasteiger partial charge in [-0.05, 0) is 26.2 Å². The van der Waals surface area contributed by atoms with Crippen LogP contribution in [0.2, 0.25) is 0 Å². The van der Waals surface area contributed by atoms with Gasteiger partial charge in [-0.2, -0.15) is 5.10 Å². The van der Waals surface area contributed by atoms with Gasteiger partial charge in [-0.25, -0.2) is 0 Å². The molecule has 1 aliphatic carbocycles. The fraction of sp³-hybridized carbons (Fsp3) is 0.545. The number of carbonyl (C=O) groups excluding carboxylic acids is 1. The topological polar surface area (TPSA) is 95.1 Å². The zero-order valence-electron chi connectivity index (χ0n) is 9.56. The van der Waals surface area contributed by atoms with Crippen LogP contribution in [0.1, 0.15) is 24.8 Å². The zero-order valence-corrected chi connectivity index (χ0v) is 9.56. The number of nitrogens with zero attached hydrogens (tertiary/aromatic N) is 1. The van der Waals surface area contributed by atoms with Crippen LogP contribution in [0.15, 0.2) is 6.20 Å². The summed E-state index contributed by atoms with van der Waals surface area (Å²) < 4.78 is 0. The van der Waals surface area contributed by atoms with Crippen molar-refractivity contribution in [1.29, 1.82) is 0 Å². The number of nitrogens with one attached hydrogen (secondary N) is 2. The van der Waals surface area contributed by atoms with Crippen molar-refractivity contribution < 1.29 is 14.7 Å². The second-order valence-electron chi connectivity index (χ2n) is 4.46. The summed E-state index contributed by atoms with van der Waals surface area (Å²) >= 11 is 0. The Labute approximate surface area is 98.4 Å². The average molecular weight is 237 g/mol. The number of hydrogen-bond donors (Lipinski definition) is 3. The molecular formula is C11H15N3O3. The smallest absolute Gasteiger partial charge is 0.306 e. The predicted octanol–water partition coefficient (Wildman–Crippen LogP) is 1.16. The number of amides is 1. The highest BCUT2D eigenvalue weighted by Crippen LogP contribution is 2.31. The number of aliphatic carboxylic acids is 1. The van der Waals surface area contributed by atoms with E-state index in [9.17, 15) is 9.59 Å². The van der Waals surface area contributed by atoms with Crippen LogP contribution < -0.4 is 5.32 Å². The van der Waals surface area contributed by atoms with Gasteiger partial charge >= 0.3 is 5.97 Å². The van der Waals surface area contributed by atoms with Gasteiger partial charge in [0.2, 0.25) is 5.91 Å². The second-order valence-corrected chi connectivity index (χ2v) is 4.46. The third-order valence-electron chi connectivity index (χ3n) is 3.23. The molecule has 3 N–H and O–H groups in total. The number of anilines is 1. The van der Waals surface area contributed by atoms with E-state index in [-0.39, 0.29) is 17.7 Å². The minimum atomic E-state index is -0.807. The third-order valence-corrected chi connectivity index (χ3v) is 3.23. The Morgan fingerprint density at radius 2 is 2.18 bits per heavy atom. The molecule has 0 saturated heterocycles. The number of aromatic nitrogens is 2. The molecule has 92 valence electrons. The van der Waals surface area contributed by atoms with Gasteiger partial charge in [-0.3, -0.25) is 14.7 Å². The Bertz CT molecular complexity index is 441. The fourth-order valence-corrected chi connectivity index (χ4v) is 2.14.